The van der Waals surface area contributed by atoms with Crippen molar-refractivity contribution in [2.75, 3.05) is 6.54 Å². The normalized spacial score (nSPS) is 20.7. The Balaban J connectivity index is 2.08. The molecule has 1 unspecified atom stereocenters. The summed E-state index contributed by atoms with van der Waals surface area (Å²) in [7, 11) is 0. The first-order chi connectivity index (χ1) is 8.70. The molecule has 2 amide bonds. The average molecular weight is 251 g/mol. The lowest BCUT2D eigenvalue weighted by molar-refractivity contribution is -0.134. The van der Waals surface area contributed by atoms with Crippen LogP contribution in [0.1, 0.15) is 31.9 Å². The van der Waals surface area contributed by atoms with Gasteiger partial charge in [-0.2, -0.15) is 0 Å². The summed E-state index contributed by atoms with van der Waals surface area (Å²) < 4.78 is 4.75. The van der Waals surface area contributed by atoms with Crippen LogP contribution in [0.15, 0.2) is 16.9 Å². The number of hydrogen-bond donors (Lipinski definition) is 1. The Morgan fingerprint density at radius 1 is 1.56 bits per heavy atom. The number of hydrogen-bond acceptors (Lipinski definition) is 4. The SMILES string of the molecule is CCCC1NC(=O)CCN(Cc2ccon2)C1=O. The van der Waals surface area contributed by atoms with Crippen LogP contribution in [-0.4, -0.2) is 34.5 Å². The highest BCUT2D eigenvalue weighted by molar-refractivity contribution is 5.89. The standard InChI is InChI=1S/C12H17N3O3/c1-2-3-10-12(17)15(6-4-11(16)13-10)8-9-5-7-18-14-9/h5,7,10H,2-4,6,8H2,1H3,(H,13,16). The summed E-state index contributed by atoms with van der Waals surface area (Å²) in [6.45, 7) is 2.81. The molecule has 0 radical (unpaired) electrons. The van der Waals surface area contributed by atoms with Crippen molar-refractivity contribution in [1.29, 1.82) is 0 Å². The molecule has 0 spiro atoms. The number of amides is 2. The van der Waals surface area contributed by atoms with Crippen LogP contribution < -0.4 is 5.32 Å². The Labute approximate surface area is 105 Å². The van der Waals surface area contributed by atoms with E-state index in [1.165, 1.54) is 6.26 Å². The van der Waals surface area contributed by atoms with E-state index in [0.717, 1.165) is 6.42 Å². The summed E-state index contributed by atoms with van der Waals surface area (Å²) in [6.07, 6.45) is 3.34. The van der Waals surface area contributed by atoms with E-state index in [0.29, 0.717) is 31.6 Å². The molecule has 18 heavy (non-hydrogen) atoms. The number of nitrogens with one attached hydrogen (secondary N) is 1. The van der Waals surface area contributed by atoms with E-state index in [1.807, 2.05) is 6.92 Å². The van der Waals surface area contributed by atoms with Gasteiger partial charge in [-0.15, -0.1) is 0 Å². The van der Waals surface area contributed by atoms with Crippen molar-refractivity contribution in [2.24, 2.45) is 0 Å². The Morgan fingerprint density at radius 3 is 3.06 bits per heavy atom. The highest BCUT2D eigenvalue weighted by atomic mass is 16.5. The van der Waals surface area contributed by atoms with Crippen LogP contribution in [0.3, 0.4) is 0 Å². The van der Waals surface area contributed by atoms with Gasteiger partial charge in [0.25, 0.3) is 0 Å². The lowest BCUT2D eigenvalue weighted by Gasteiger charge is -2.22. The second-order valence-electron chi connectivity index (χ2n) is 4.41. The van der Waals surface area contributed by atoms with Crippen molar-refractivity contribution < 1.29 is 14.1 Å². The fourth-order valence-electron chi connectivity index (χ4n) is 2.05. The number of carbonyl (C=O) groups is 2. The molecule has 0 saturated carbocycles. The largest absolute Gasteiger partial charge is 0.364 e. The summed E-state index contributed by atoms with van der Waals surface area (Å²) in [5.74, 6) is -0.102. The average Bonchev–Trinajstić information content (AvgIpc) is 2.81. The zero-order valence-electron chi connectivity index (χ0n) is 10.4. The molecule has 0 aromatic carbocycles. The second kappa shape index (κ2) is 5.66. The topological polar surface area (TPSA) is 75.4 Å². The maximum absolute atomic E-state index is 12.3. The number of nitrogens with zero attached hydrogens (tertiary/aromatic N) is 2. The Morgan fingerprint density at radius 2 is 2.39 bits per heavy atom. The third-order valence-corrected chi connectivity index (χ3v) is 2.98. The summed E-state index contributed by atoms with van der Waals surface area (Å²) in [6, 6.07) is 1.32. The van der Waals surface area contributed by atoms with Crippen LogP contribution in [0.25, 0.3) is 0 Å². The van der Waals surface area contributed by atoms with Crippen molar-refractivity contribution in [1.82, 2.24) is 15.4 Å². The summed E-state index contributed by atoms with van der Waals surface area (Å²) in [4.78, 5) is 25.5. The smallest absolute Gasteiger partial charge is 0.245 e. The van der Waals surface area contributed by atoms with E-state index in [4.69, 9.17) is 4.52 Å². The van der Waals surface area contributed by atoms with Gasteiger partial charge >= 0.3 is 0 Å². The Hall–Kier alpha value is -1.85. The third kappa shape index (κ3) is 2.88. The molecule has 2 rings (SSSR count). The Kier molecular flexibility index (Phi) is 3.96. The first kappa shape index (κ1) is 12.6. The molecule has 98 valence electrons. The van der Waals surface area contributed by atoms with Gasteiger partial charge in [-0.1, -0.05) is 18.5 Å². The minimum Gasteiger partial charge on any atom is -0.364 e. The fourth-order valence-corrected chi connectivity index (χ4v) is 2.05. The molecule has 1 fully saturated rings. The first-order valence-corrected chi connectivity index (χ1v) is 6.18. The number of aromatic nitrogens is 1. The lowest BCUT2D eigenvalue weighted by Crippen LogP contribution is -2.44. The van der Waals surface area contributed by atoms with Crippen LogP contribution in [0, 0.1) is 0 Å². The van der Waals surface area contributed by atoms with Gasteiger partial charge in [0.05, 0.1) is 6.54 Å². The Bertz CT molecular complexity index is 416. The molecule has 1 aromatic heterocycles. The molecule has 1 aliphatic rings. The molecule has 6 nitrogen and oxygen atoms in total. The van der Waals surface area contributed by atoms with Crippen molar-refractivity contribution in [3.05, 3.63) is 18.0 Å². The van der Waals surface area contributed by atoms with E-state index in [9.17, 15) is 9.59 Å². The van der Waals surface area contributed by atoms with Crippen LogP contribution in [0.4, 0.5) is 0 Å². The quantitative estimate of drug-likeness (QED) is 0.854. The third-order valence-electron chi connectivity index (χ3n) is 2.98. The molecule has 0 bridgehead atoms. The van der Waals surface area contributed by atoms with Gasteiger partial charge in [-0.25, -0.2) is 0 Å². The minimum absolute atomic E-state index is 0.0364. The first-order valence-electron chi connectivity index (χ1n) is 6.18. The predicted molar refractivity (Wildman–Crippen MR) is 63.4 cm³/mol. The minimum atomic E-state index is -0.406. The van der Waals surface area contributed by atoms with Crippen molar-refractivity contribution in [2.45, 2.75) is 38.8 Å². The molecule has 1 saturated heterocycles. The van der Waals surface area contributed by atoms with Crippen molar-refractivity contribution in [3.8, 4) is 0 Å². The van der Waals surface area contributed by atoms with Gasteiger partial charge in [0.1, 0.15) is 18.0 Å². The molecule has 1 N–H and O–H groups in total. The monoisotopic (exact) mass is 251 g/mol. The van der Waals surface area contributed by atoms with Crippen LogP contribution in [0.5, 0.6) is 0 Å². The highest BCUT2D eigenvalue weighted by Gasteiger charge is 2.29. The fraction of sp³-hybridized carbons (Fsp3) is 0.583. The van der Waals surface area contributed by atoms with E-state index in [1.54, 1.807) is 11.0 Å². The molecule has 0 aliphatic carbocycles. The number of carbonyl (C=O) groups excluding carboxylic acids is 2. The van der Waals surface area contributed by atoms with E-state index < -0.39 is 6.04 Å². The molecular weight excluding hydrogens is 234 g/mol. The van der Waals surface area contributed by atoms with Crippen LogP contribution in [0.2, 0.25) is 0 Å². The summed E-state index contributed by atoms with van der Waals surface area (Å²) in [5.41, 5.74) is 0.702. The van der Waals surface area contributed by atoms with Gasteiger partial charge < -0.3 is 14.7 Å². The zero-order valence-corrected chi connectivity index (χ0v) is 10.4. The second-order valence-corrected chi connectivity index (χ2v) is 4.41. The van der Waals surface area contributed by atoms with Crippen molar-refractivity contribution >= 4 is 11.8 Å². The molecule has 1 aromatic rings. The molecule has 6 heteroatoms. The lowest BCUT2D eigenvalue weighted by atomic mass is 10.1. The van der Waals surface area contributed by atoms with Gasteiger partial charge in [0, 0.05) is 19.0 Å². The molecule has 1 aliphatic heterocycles. The molecule has 2 heterocycles. The summed E-state index contributed by atoms with van der Waals surface area (Å²) in [5, 5.41) is 6.56. The van der Waals surface area contributed by atoms with Gasteiger partial charge in [0.2, 0.25) is 11.8 Å². The van der Waals surface area contributed by atoms with Gasteiger partial charge in [-0.3, -0.25) is 9.59 Å². The van der Waals surface area contributed by atoms with Crippen LogP contribution >= 0.6 is 0 Å². The van der Waals surface area contributed by atoms with Gasteiger partial charge in [0.15, 0.2) is 0 Å². The predicted octanol–water partition coefficient (Wildman–Crippen LogP) is 0.692. The van der Waals surface area contributed by atoms with E-state index in [-0.39, 0.29) is 11.8 Å². The van der Waals surface area contributed by atoms with Crippen molar-refractivity contribution in [3.63, 3.8) is 0 Å². The summed E-state index contributed by atoms with van der Waals surface area (Å²) >= 11 is 0. The van der Waals surface area contributed by atoms with E-state index in [2.05, 4.69) is 10.5 Å². The van der Waals surface area contributed by atoms with E-state index >= 15 is 0 Å². The molecular formula is C12H17N3O3. The molecule has 1 atom stereocenters. The highest BCUT2D eigenvalue weighted by Crippen LogP contribution is 2.11. The maximum Gasteiger partial charge on any atom is 0.245 e. The van der Waals surface area contributed by atoms with Gasteiger partial charge in [-0.05, 0) is 6.42 Å². The maximum atomic E-state index is 12.3. The zero-order chi connectivity index (χ0) is 13.0. The number of rotatable bonds is 4. The van der Waals surface area contributed by atoms with Crippen LogP contribution in [-0.2, 0) is 16.1 Å².